The van der Waals surface area contributed by atoms with Gasteiger partial charge in [-0.15, -0.1) is 12.4 Å². The van der Waals surface area contributed by atoms with E-state index in [1.807, 2.05) is 12.1 Å². The lowest BCUT2D eigenvalue weighted by Crippen LogP contribution is -2.52. The predicted octanol–water partition coefficient (Wildman–Crippen LogP) is 2.85. The van der Waals surface area contributed by atoms with Gasteiger partial charge in [-0.2, -0.15) is 0 Å². The first kappa shape index (κ1) is 20.4. The normalized spacial score (nSPS) is 24.0. The molecular formula is C21H32ClN3O2. The minimum absolute atomic E-state index is 0. The summed E-state index contributed by atoms with van der Waals surface area (Å²) in [6.45, 7) is 5.45. The van der Waals surface area contributed by atoms with Gasteiger partial charge in [0.25, 0.3) is 0 Å². The Kier molecular flexibility index (Phi) is 6.66. The van der Waals surface area contributed by atoms with Crippen LogP contribution in [0.3, 0.4) is 0 Å². The van der Waals surface area contributed by atoms with E-state index in [0.717, 1.165) is 31.3 Å². The number of piperazine rings is 1. The van der Waals surface area contributed by atoms with E-state index in [2.05, 4.69) is 34.2 Å². The zero-order valence-electron chi connectivity index (χ0n) is 16.4. The molecule has 1 heterocycles. The molecule has 1 aromatic carbocycles. The number of halogens is 1. The molecule has 0 bridgehead atoms. The number of para-hydroxylation sites is 1. The van der Waals surface area contributed by atoms with Crippen molar-refractivity contribution >= 4 is 18.3 Å². The Hall–Kier alpha value is -1.30. The third-order valence-electron chi connectivity index (χ3n) is 6.16. The van der Waals surface area contributed by atoms with Gasteiger partial charge in [-0.3, -0.25) is 9.69 Å². The maximum absolute atomic E-state index is 13.2. The summed E-state index contributed by atoms with van der Waals surface area (Å²) in [5.41, 5.74) is 1.17. The molecule has 1 saturated heterocycles. The van der Waals surface area contributed by atoms with Crippen LogP contribution < -0.4 is 10.1 Å². The lowest BCUT2D eigenvalue weighted by molar-refractivity contribution is -0.136. The van der Waals surface area contributed by atoms with Gasteiger partial charge in [0.05, 0.1) is 19.7 Å². The summed E-state index contributed by atoms with van der Waals surface area (Å²) >= 11 is 0. The van der Waals surface area contributed by atoms with Crippen LogP contribution in [-0.2, 0) is 4.79 Å². The second kappa shape index (κ2) is 8.80. The number of carbonyl (C=O) groups excluding carboxylic acids is 1. The zero-order chi connectivity index (χ0) is 18.1. The van der Waals surface area contributed by atoms with Gasteiger partial charge >= 0.3 is 0 Å². The van der Waals surface area contributed by atoms with Crippen LogP contribution in [0.4, 0.5) is 0 Å². The number of hydrogen-bond acceptors (Lipinski definition) is 4. The molecule has 1 aromatic rings. The molecule has 4 rings (SSSR count). The number of amides is 1. The molecule has 2 atom stereocenters. The molecule has 1 amide bonds. The summed E-state index contributed by atoms with van der Waals surface area (Å²) in [5, 5.41) is 3.48. The van der Waals surface area contributed by atoms with E-state index in [9.17, 15) is 4.79 Å². The minimum Gasteiger partial charge on any atom is -0.496 e. The van der Waals surface area contributed by atoms with Crippen molar-refractivity contribution in [1.29, 1.82) is 0 Å². The lowest BCUT2D eigenvalue weighted by Gasteiger charge is -2.39. The summed E-state index contributed by atoms with van der Waals surface area (Å²) in [6, 6.07) is 9.27. The van der Waals surface area contributed by atoms with Gasteiger partial charge in [0, 0.05) is 37.3 Å². The highest BCUT2D eigenvalue weighted by molar-refractivity contribution is 5.85. The Balaban J connectivity index is 0.00000210. The maximum Gasteiger partial charge on any atom is 0.237 e. The van der Waals surface area contributed by atoms with Gasteiger partial charge in [0.2, 0.25) is 5.91 Å². The molecule has 0 radical (unpaired) electrons. The Morgan fingerprint density at radius 3 is 2.70 bits per heavy atom. The van der Waals surface area contributed by atoms with Crippen molar-refractivity contribution in [2.24, 2.45) is 5.92 Å². The summed E-state index contributed by atoms with van der Waals surface area (Å²) in [7, 11) is 1.72. The molecule has 27 heavy (non-hydrogen) atoms. The fraction of sp³-hybridized carbons (Fsp3) is 0.667. The van der Waals surface area contributed by atoms with E-state index in [4.69, 9.17) is 4.74 Å². The topological polar surface area (TPSA) is 44.8 Å². The third-order valence-corrected chi connectivity index (χ3v) is 6.16. The summed E-state index contributed by atoms with van der Waals surface area (Å²) in [4.78, 5) is 17.8. The maximum atomic E-state index is 13.2. The van der Waals surface area contributed by atoms with E-state index < -0.39 is 0 Å². The molecule has 6 heteroatoms. The van der Waals surface area contributed by atoms with Crippen molar-refractivity contribution in [3.05, 3.63) is 29.8 Å². The lowest BCUT2D eigenvalue weighted by atomic mass is 10.0. The number of methoxy groups -OCH3 is 1. The average Bonchev–Trinajstić information content (AvgIpc) is 3.55. The summed E-state index contributed by atoms with van der Waals surface area (Å²) < 4.78 is 5.58. The highest BCUT2D eigenvalue weighted by atomic mass is 35.5. The van der Waals surface area contributed by atoms with Crippen LogP contribution in [0.1, 0.15) is 44.2 Å². The van der Waals surface area contributed by atoms with Gasteiger partial charge in [-0.25, -0.2) is 0 Å². The van der Waals surface area contributed by atoms with Crippen molar-refractivity contribution in [3.8, 4) is 5.75 Å². The minimum atomic E-state index is 0. The molecule has 2 unspecified atom stereocenters. The van der Waals surface area contributed by atoms with Crippen LogP contribution in [0, 0.1) is 5.92 Å². The molecule has 3 aliphatic rings. The zero-order valence-corrected chi connectivity index (χ0v) is 17.2. The van der Waals surface area contributed by atoms with Crippen molar-refractivity contribution < 1.29 is 9.53 Å². The molecule has 1 aliphatic heterocycles. The number of nitrogens with zero attached hydrogens (tertiary/aromatic N) is 2. The molecule has 0 aromatic heterocycles. The summed E-state index contributed by atoms with van der Waals surface area (Å²) in [5.74, 6) is 1.95. The van der Waals surface area contributed by atoms with Crippen molar-refractivity contribution in [2.75, 3.05) is 33.3 Å². The molecular weight excluding hydrogens is 362 g/mol. The van der Waals surface area contributed by atoms with Crippen LogP contribution >= 0.6 is 12.4 Å². The van der Waals surface area contributed by atoms with Gasteiger partial charge in [0.15, 0.2) is 0 Å². The summed E-state index contributed by atoms with van der Waals surface area (Å²) in [6.07, 6.45) is 4.94. The first-order valence-electron chi connectivity index (χ1n) is 10.1. The van der Waals surface area contributed by atoms with Gasteiger partial charge in [-0.1, -0.05) is 18.2 Å². The highest BCUT2D eigenvalue weighted by Crippen LogP contribution is 2.40. The van der Waals surface area contributed by atoms with Gasteiger partial charge < -0.3 is 15.0 Å². The molecule has 1 N–H and O–H groups in total. The van der Waals surface area contributed by atoms with Crippen molar-refractivity contribution in [3.63, 3.8) is 0 Å². The third kappa shape index (κ3) is 4.58. The van der Waals surface area contributed by atoms with Crippen LogP contribution in [0.25, 0.3) is 0 Å². The number of ether oxygens (including phenoxy) is 1. The Morgan fingerprint density at radius 2 is 2.04 bits per heavy atom. The molecule has 2 aliphatic carbocycles. The predicted molar refractivity (Wildman–Crippen MR) is 109 cm³/mol. The molecule has 0 spiro atoms. The second-order valence-electron chi connectivity index (χ2n) is 8.04. The fourth-order valence-electron chi connectivity index (χ4n) is 4.36. The standard InChI is InChI=1S/C21H31N3O2.ClH/c1-15(16-7-8-16)24(17-9-10-17)21(25)14-23-12-11-22-13-19(23)18-5-3-4-6-20(18)26-2;/h3-6,15-17,19,22H,7-14H2,1-2H3;1H. The Labute approximate surface area is 168 Å². The SMILES string of the molecule is COc1ccccc1C1CNCCN1CC(=O)N(C1CC1)C(C)C1CC1.Cl. The smallest absolute Gasteiger partial charge is 0.237 e. The van der Waals surface area contributed by atoms with Crippen LogP contribution in [0.15, 0.2) is 24.3 Å². The van der Waals surface area contributed by atoms with E-state index in [1.54, 1.807) is 7.11 Å². The average molecular weight is 394 g/mol. The van der Waals surface area contributed by atoms with Crippen LogP contribution in [0.5, 0.6) is 5.75 Å². The first-order chi connectivity index (χ1) is 12.7. The van der Waals surface area contributed by atoms with Crippen LogP contribution in [-0.4, -0.2) is 61.1 Å². The van der Waals surface area contributed by atoms with Crippen molar-refractivity contribution in [2.45, 2.75) is 50.7 Å². The quantitative estimate of drug-likeness (QED) is 0.773. The highest BCUT2D eigenvalue weighted by Gasteiger charge is 2.42. The number of rotatable bonds is 7. The first-order valence-corrected chi connectivity index (χ1v) is 10.1. The molecule has 5 nitrogen and oxygen atoms in total. The number of hydrogen-bond donors (Lipinski definition) is 1. The Bertz CT molecular complexity index is 648. The monoisotopic (exact) mass is 393 g/mol. The fourth-order valence-corrected chi connectivity index (χ4v) is 4.36. The molecule has 150 valence electrons. The Morgan fingerprint density at radius 1 is 1.30 bits per heavy atom. The van der Waals surface area contributed by atoms with Crippen LogP contribution in [0.2, 0.25) is 0 Å². The van der Waals surface area contributed by atoms with E-state index in [-0.39, 0.29) is 18.4 Å². The molecule has 3 fully saturated rings. The number of nitrogens with one attached hydrogen (secondary N) is 1. The largest absolute Gasteiger partial charge is 0.496 e. The molecule has 2 saturated carbocycles. The van der Waals surface area contributed by atoms with Gasteiger partial charge in [0.1, 0.15) is 5.75 Å². The second-order valence-corrected chi connectivity index (χ2v) is 8.04. The van der Waals surface area contributed by atoms with E-state index >= 15 is 0 Å². The van der Waals surface area contributed by atoms with Gasteiger partial charge in [-0.05, 0) is 44.6 Å². The number of benzene rings is 1. The number of carbonyl (C=O) groups is 1. The van der Waals surface area contributed by atoms with E-state index in [0.29, 0.717) is 24.5 Å². The van der Waals surface area contributed by atoms with E-state index in [1.165, 1.54) is 31.2 Å². The van der Waals surface area contributed by atoms with Crippen molar-refractivity contribution in [1.82, 2.24) is 15.1 Å².